The molecule has 192 valence electrons. The molecule has 2 aromatic heterocycles. The van der Waals surface area contributed by atoms with Crippen molar-refractivity contribution in [1.82, 2.24) is 14.5 Å². The fraction of sp³-hybridized carbons (Fsp3) is 0.0645. The number of fused-ring (bicyclic) bond motifs is 2. The first-order valence-electron chi connectivity index (χ1n) is 12.2. The average molecular weight is 521 g/mol. The molecular formula is C31H22F2N4O2. The van der Waals surface area contributed by atoms with E-state index in [0.29, 0.717) is 50.5 Å². The lowest BCUT2D eigenvalue weighted by atomic mass is 10.0. The Labute approximate surface area is 222 Å². The Hall–Kier alpha value is -5.11. The molecule has 0 spiro atoms. The van der Waals surface area contributed by atoms with Gasteiger partial charge in [-0.1, -0.05) is 12.1 Å². The molecule has 0 radical (unpaired) electrons. The number of halogens is 2. The zero-order valence-electron chi connectivity index (χ0n) is 20.9. The van der Waals surface area contributed by atoms with Crippen LogP contribution in [0, 0.1) is 11.6 Å². The van der Waals surface area contributed by atoms with Gasteiger partial charge in [0.2, 0.25) is 5.91 Å². The molecule has 0 atom stereocenters. The van der Waals surface area contributed by atoms with Crippen LogP contribution in [-0.4, -0.2) is 27.6 Å². The number of nitrogens with zero attached hydrogens (tertiary/aromatic N) is 3. The largest absolute Gasteiger partial charge is 0.497 e. The lowest BCUT2D eigenvalue weighted by Crippen LogP contribution is -2.19. The minimum Gasteiger partial charge on any atom is -0.497 e. The number of carbonyl (C=O) groups excluding carboxylic acids is 1. The van der Waals surface area contributed by atoms with Crippen molar-refractivity contribution in [1.29, 1.82) is 0 Å². The van der Waals surface area contributed by atoms with Crippen molar-refractivity contribution >= 4 is 33.5 Å². The molecule has 6 aromatic rings. The maximum atomic E-state index is 14.4. The van der Waals surface area contributed by atoms with Crippen molar-refractivity contribution in [2.45, 2.75) is 6.54 Å². The van der Waals surface area contributed by atoms with E-state index in [9.17, 15) is 13.6 Å². The van der Waals surface area contributed by atoms with E-state index in [1.807, 2.05) is 28.8 Å². The molecule has 1 N–H and O–H groups in total. The Morgan fingerprint density at radius 3 is 2.36 bits per heavy atom. The molecular weight excluding hydrogens is 498 g/mol. The Bertz CT molecular complexity index is 1830. The quantitative estimate of drug-likeness (QED) is 0.261. The second-order valence-corrected chi connectivity index (χ2v) is 9.01. The summed E-state index contributed by atoms with van der Waals surface area (Å²) < 4.78 is 35.0. The first-order chi connectivity index (χ1) is 19.0. The first-order valence-corrected chi connectivity index (χ1v) is 12.2. The zero-order chi connectivity index (χ0) is 26.9. The monoisotopic (exact) mass is 520 g/mol. The van der Waals surface area contributed by atoms with E-state index < -0.39 is 5.82 Å². The highest BCUT2D eigenvalue weighted by atomic mass is 19.1. The highest BCUT2D eigenvalue weighted by molar-refractivity contribution is 5.98. The van der Waals surface area contributed by atoms with Gasteiger partial charge in [0.1, 0.15) is 29.8 Å². The SMILES string of the molecule is COc1ccc(NC(=O)Cn2c(-c3cc(-c4ccc(F)cc4)nc4ccc(F)cc34)nc3ccccc32)cc1. The molecule has 4 aromatic carbocycles. The van der Waals surface area contributed by atoms with Crippen molar-refractivity contribution in [3.63, 3.8) is 0 Å². The van der Waals surface area contributed by atoms with Crippen LogP contribution in [0.3, 0.4) is 0 Å². The van der Waals surface area contributed by atoms with Gasteiger partial charge in [0.25, 0.3) is 0 Å². The van der Waals surface area contributed by atoms with Gasteiger partial charge in [-0.15, -0.1) is 0 Å². The summed E-state index contributed by atoms with van der Waals surface area (Å²) in [5.74, 6) is 0.145. The molecule has 6 rings (SSSR count). The van der Waals surface area contributed by atoms with E-state index in [-0.39, 0.29) is 18.3 Å². The Morgan fingerprint density at radius 1 is 0.846 bits per heavy atom. The summed E-state index contributed by atoms with van der Waals surface area (Å²) in [6, 6.07) is 26.7. The molecule has 39 heavy (non-hydrogen) atoms. The fourth-order valence-electron chi connectivity index (χ4n) is 4.61. The van der Waals surface area contributed by atoms with Crippen molar-refractivity contribution in [3.05, 3.63) is 109 Å². The molecule has 0 aliphatic heterocycles. The van der Waals surface area contributed by atoms with Crippen molar-refractivity contribution < 1.29 is 18.3 Å². The standard InChI is InChI=1S/C31H22F2N4O2/c1-39-23-13-11-22(12-14-23)34-30(38)18-37-29-5-3-2-4-27(29)36-31(37)25-17-28(19-6-8-20(32)9-7-19)35-26-15-10-21(33)16-24(25)26/h2-17H,18H2,1H3,(H,34,38). The molecule has 0 fully saturated rings. The van der Waals surface area contributed by atoms with Crippen LogP contribution in [0.4, 0.5) is 14.5 Å². The number of ether oxygens (including phenoxy) is 1. The molecule has 0 bridgehead atoms. The third-order valence-electron chi connectivity index (χ3n) is 6.48. The van der Waals surface area contributed by atoms with Gasteiger partial charge in [-0.05, 0) is 84.9 Å². The molecule has 1 amide bonds. The smallest absolute Gasteiger partial charge is 0.244 e. The van der Waals surface area contributed by atoms with Gasteiger partial charge in [0.15, 0.2) is 0 Å². The molecule has 0 unspecified atom stereocenters. The summed E-state index contributed by atoms with van der Waals surface area (Å²) in [7, 11) is 1.58. The number of anilines is 1. The Kier molecular flexibility index (Phi) is 6.20. The van der Waals surface area contributed by atoms with E-state index in [1.165, 1.54) is 24.3 Å². The molecule has 2 heterocycles. The van der Waals surface area contributed by atoms with Crippen LogP contribution in [-0.2, 0) is 11.3 Å². The van der Waals surface area contributed by atoms with Gasteiger partial charge < -0.3 is 14.6 Å². The normalized spacial score (nSPS) is 11.2. The predicted molar refractivity (Wildman–Crippen MR) is 147 cm³/mol. The van der Waals surface area contributed by atoms with E-state index in [2.05, 4.69) is 5.32 Å². The van der Waals surface area contributed by atoms with Gasteiger partial charge in [-0.25, -0.2) is 18.7 Å². The van der Waals surface area contributed by atoms with E-state index in [4.69, 9.17) is 14.7 Å². The Morgan fingerprint density at radius 2 is 1.59 bits per heavy atom. The lowest BCUT2D eigenvalue weighted by molar-refractivity contribution is -0.116. The molecule has 6 nitrogen and oxygen atoms in total. The van der Waals surface area contributed by atoms with Crippen LogP contribution in [0.25, 0.3) is 44.6 Å². The van der Waals surface area contributed by atoms with Crippen LogP contribution in [0.1, 0.15) is 0 Å². The number of methoxy groups -OCH3 is 1. The maximum absolute atomic E-state index is 14.4. The molecule has 0 aliphatic rings. The fourth-order valence-corrected chi connectivity index (χ4v) is 4.61. The number of benzene rings is 4. The van der Waals surface area contributed by atoms with Gasteiger partial charge in [0, 0.05) is 22.2 Å². The van der Waals surface area contributed by atoms with E-state index in [1.54, 1.807) is 55.6 Å². The number of rotatable bonds is 6. The van der Waals surface area contributed by atoms with Crippen molar-refractivity contribution in [2.75, 3.05) is 12.4 Å². The maximum Gasteiger partial charge on any atom is 0.244 e. The Balaban J connectivity index is 1.49. The lowest BCUT2D eigenvalue weighted by Gasteiger charge is -2.13. The number of para-hydroxylation sites is 2. The summed E-state index contributed by atoms with van der Waals surface area (Å²) in [6.45, 7) is -0.0348. The zero-order valence-corrected chi connectivity index (χ0v) is 20.9. The number of imidazole rings is 1. The van der Waals surface area contributed by atoms with Gasteiger partial charge >= 0.3 is 0 Å². The topological polar surface area (TPSA) is 69.0 Å². The van der Waals surface area contributed by atoms with Crippen molar-refractivity contribution in [2.24, 2.45) is 0 Å². The van der Waals surface area contributed by atoms with Gasteiger partial charge in [-0.2, -0.15) is 0 Å². The van der Waals surface area contributed by atoms with Gasteiger partial charge in [-0.3, -0.25) is 4.79 Å². The minimum atomic E-state index is -0.417. The number of carbonyl (C=O) groups is 1. The minimum absolute atomic E-state index is 0.0348. The number of pyridine rings is 1. The van der Waals surface area contributed by atoms with Crippen LogP contribution in [0.15, 0.2) is 97.1 Å². The summed E-state index contributed by atoms with van der Waals surface area (Å²) in [5.41, 5.74) is 4.49. The molecule has 0 saturated carbocycles. The van der Waals surface area contributed by atoms with E-state index in [0.717, 1.165) is 5.52 Å². The van der Waals surface area contributed by atoms with Crippen LogP contribution in [0.2, 0.25) is 0 Å². The molecule has 0 saturated heterocycles. The second kappa shape index (κ2) is 9.98. The third-order valence-corrected chi connectivity index (χ3v) is 6.48. The van der Waals surface area contributed by atoms with Gasteiger partial charge in [0.05, 0.1) is 29.4 Å². The first kappa shape index (κ1) is 24.2. The average Bonchev–Trinajstić information content (AvgIpc) is 3.31. The number of amides is 1. The van der Waals surface area contributed by atoms with Crippen LogP contribution < -0.4 is 10.1 Å². The van der Waals surface area contributed by atoms with Crippen LogP contribution >= 0.6 is 0 Å². The predicted octanol–water partition coefficient (Wildman–Crippen LogP) is 6.84. The highest BCUT2D eigenvalue weighted by Gasteiger charge is 2.19. The second-order valence-electron chi connectivity index (χ2n) is 9.01. The number of hydrogen-bond acceptors (Lipinski definition) is 4. The van der Waals surface area contributed by atoms with Crippen molar-refractivity contribution in [3.8, 4) is 28.4 Å². The highest BCUT2D eigenvalue weighted by Crippen LogP contribution is 2.34. The third kappa shape index (κ3) is 4.80. The molecule has 0 aliphatic carbocycles. The van der Waals surface area contributed by atoms with Crippen LogP contribution in [0.5, 0.6) is 5.75 Å². The number of nitrogens with one attached hydrogen (secondary N) is 1. The number of hydrogen-bond donors (Lipinski definition) is 1. The summed E-state index contributed by atoms with van der Waals surface area (Å²) in [5, 5.41) is 3.46. The summed E-state index contributed by atoms with van der Waals surface area (Å²) >= 11 is 0. The van der Waals surface area contributed by atoms with E-state index >= 15 is 0 Å². The summed E-state index contributed by atoms with van der Waals surface area (Å²) in [4.78, 5) is 22.8. The summed E-state index contributed by atoms with van der Waals surface area (Å²) in [6.07, 6.45) is 0. The molecule has 8 heteroatoms. The number of aromatic nitrogens is 3.